The Labute approximate surface area is 102 Å². The molecule has 0 aliphatic carbocycles. The molecule has 0 unspecified atom stereocenters. The molecular weight excluding hydrogens is 210 g/mol. The van der Waals surface area contributed by atoms with Crippen LogP contribution in [-0.4, -0.2) is 23.4 Å². The van der Waals surface area contributed by atoms with Crippen molar-refractivity contribution < 1.29 is 0 Å². The Morgan fingerprint density at radius 1 is 1.12 bits per heavy atom. The van der Waals surface area contributed by atoms with Crippen LogP contribution in [0.5, 0.6) is 0 Å². The summed E-state index contributed by atoms with van der Waals surface area (Å²) in [6, 6.07) is 10.4. The van der Waals surface area contributed by atoms with Crippen LogP contribution in [0.2, 0.25) is 0 Å². The minimum Gasteiger partial charge on any atom is -0.320 e. The zero-order valence-corrected chi connectivity index (χ0v) is 10.3. The average Bonchev–Trinajstić information content (AvgIpc) is 2.85. The van der Waals surface area contributed by atoms with E-state index in [0.717, 1.165) is 19.5 Å². The lowest BCUT2D eigenvalue weighted by molar-refractivity contribution is 0.548. The van der Waals surface area contributed by atoms with Gasteiger partial charge in [0.1, 0.15) is 0 Å². The summed E-state index contributed by atoms with van der Waals surface area (Å²) in [5.74, 6) is 0. The molecule has 1 heterocycles. The van der Waals surface area contributed by atoms with Gasteiger partial charge in [-0.3, -0.25) is 4.68 Å². The van der Waals surface area contributed by atoms with Gasteiger partial charge >= 0.3 is 0 Å². The van der Waals surface area contributed by atoms with Gasteiger partial charge in [-0.2, -0.15) is 5.10 Å². The van der Waals surface area contributed by atoms with Crippen molar-refractivity contribution in [1.82, 2.24) is 15.1 Å². The minimum absolute atomic E-state index is 0.995. The zero-order chi connectivity index (χ0) is 11.9. The van der Waals surface area contributed by atoms with Gasteiger partial charge < -0.3 is 5.32 Å². The van der Waals surface area contributed by atoms with Crippen molar-refractivity contribution in [3.8, 4) is 11.1 Å². The SMILES string of the molecule is CNCCCCn1cc(-c2ccccc2)cn1. The Kier molecular flexibility index (Phi) is 4.33. The van der Waals surface area contributed by atoms with Crippen LogP contribution in [0.25, 0.3) is 11.1 Å². The van der Waals surface area contributed by atoms with Crippen molar-refractivity contribution in [3.05, 3.63) is 42.7 Å². The molecule has 2 aromatic rings. The summed E-state index contributed by atoms with van der Waals surface area (Å²) in [6.07, 6.45) is 6.41. The smallest absolute Gasteiger partial charge is 0.0568 e. The Bertz CT molecular complexity index is 434. The van der Waals surface area contributed by atoms with Crippen LogP contribution in [0, 0.1) is 0 Å². The first kappa shape index (κ1) is 11.9. The summed E-state index contributed by atoms with van der Waals surface area (Å²) in [6.45, 7) is 2.07. The van der Waals surface area contributed by atoms with E-state index >= 15 is 0 Å². The van der Waals surface area contributed by atoms with Gasteiger partial charge in [-0.05, 0) is 32.0 Å². The van der Waals surface area contributed by atoms with Crippen molar-refractivity contribution in [1.29, 1.82) is 0 Å². The fraction of sp³-hybridized carbons (Fsp3) is 0.357. The summed E-state index contributed by atoms with van der Waals surface area (Å²) in [7, 11) is 1.99. The number of hydrogen-bond donors (Lipinski definition) is 1. The molecular formula is C14H19N3. The Hall–Kier alpha value is -1.61. The highest BCUT2D eigenvalue weighted by atomic mass is 15.3. The maximum Gasteiger partial charge on any atom is 0.0568 e. The van der Waals surface area contributed by atoms with E-state index in [1.807, 2.05) is 24.0 Å². The molecule has 3 heteroatoms. The van der Waals surface area contributed by atoms with E-state index in [2.05, 4.69) is 40.9 Å². The first-order valence-corrected chi connectivity index (χ1v) is 6.12. The molecule has 0 aliphatic rings. The normalized spacial score (nSPS) is 10.6. The number of aryl methyl sites for hydroxylation is 1. The monoisotopic (exact) mass is 229 g/mol. The molecule has 3 nitrogen and oxygen atoms in total. The van der Waals surface area contributed by atoms with Crippen LogP contribution in [0.4, 0.5) is 0 Å². The van der Waals surface area contributed by atoms with Crippen LogP contribution < -0.4 is 5.32 Å². The Balaban J connectivity index is 1.92. The summed E-state index contributed by atoms with van der Waals surface area (Å²) >= 11 is 0. The van der Waals surface area contributed by atoms with E-state index in [1.165, 1.54) is 17.5 Å². The number of unbranched alkanes of at least 4 members (excludes halogenated alkanes) is 1. The van der Waals surface area contributed by atoms with Crippen LogP contribution >= 0.6 is 0 Å². The van der Waals surface area contributed by atoms with Crippen molar-refractivity contribution in [3.63, 3.8) is 0 Å². The molecule has 1 aromatic heterocycles. The topological polar surface area (TPSA) is 29.9 Å². The number of aromatic nitrogens is 2. The summed E-state index contributed by atoms with van der Waals surface area (Å²) in [5, 5.41) is 7.54. The third-order valence-electron chi connectivity index (χ3n) is 2.80. The third-order valence-corrected chi connectivity index (χ3v) is 2.80. The first-order chi connectivity index (χ1) is 8.40. The highest BCUT2D eigenvalue weighted by molar-refractivity contribution is 5.61. The largest absolute Gasteiger partial charge is 0.320 e. The predicted molar refractivity (Wildman–Crippen MR) is 70.8 cm³/mol. The van der Waals surface area contributed by atoms with Crippen molar-refractivity contribution in [2.24, 2.45) is 0 Å². The maximum absolute atomic E-state index is 4.39. The number of nitrogens with zero attached hydrogens (tertiary/aromatic N) is 2. The summed E-state index contributed by atoms with van der Waals surface area (Å²) in [5.41, 5.74) is 2.42. The van der Waals surface area contributed by atoms with Crippen molar-refractivity contribution in [2.75, 3.05) is 13.6 Å². The highest BCUT2D eigenvalue weighted by Crippen LogP contribution is 2.17. The molecule has 0 atom stereocenters. The quantitative estimate of drug-likeness (QED) is 0.771. The fourth-order valence-corrected chi connectivity index (χ4v) is 1.84. The van der Waals surface area contributed by atoms with Gasteiger partial charge in [-0.1, -0.05) is 30.3 Å². The summed E-state index contributed by atoms with van der Waals surface area (Å²) < 4.78 is 2.03. The molecule has 0 saturated heterocycles. The van der Waals surface area contributed by atoms with Crippen LogP contribution in [-0.2, 0) is 6.54 Å². The van der Waals surface area contributed by atoms with E-state index < -0.39 is 0 Å². The second-order valence-electron chi connectivity index (χ2n) is 4.17. The molecule has 2 rings (SSSR count). The van der Waals surface area contributed by atoms with E-state index in [9.17, 15) is 0 Å². The minimum atomic E-state index is 0.995. The first-order valence-electron chi connectivity index (χ1n) is 6.12. The molecule has 0 bridgehead atoms. The second kappa shape index (κ2) is 6.21. The number of hydrogen-bond acceptors (Lipinski definition) is 2. The fourth-order valence-electron chi connectivity index (χ4n) is 1.84. The summed E-state index contributed by atoms with van der Waals surface area (Å²) in [4.78, 5) is 0. The Morgan fingerprint density at radius 2 is 1.94 bits per heavy atom. The molecule has 0 radical (unpaired) electrons. The third kappa shape index (κ3) is 3.43. The van der Waals surface area contributed by atoms with Gasteiger partial charge in [-0.15, -0.1) is 0 Å². The molecule has 1 N–H and O–H groups in total. The van der Waals surface area contributed by atoms with Gasteiger partial charge in [0.15, 0.2) is 0 Å². The molecule has 1 aromatic carbocycles. The molecule has 0 amide bonds. The predicted octanol–water partition coefficient (Wildman–Crippen LogP) is 2.55. The van der Waals surface area contributed by atoms with E-state index in [1.54, 1.807) is 0 Å². The molecule has 90 valence electrons. The van der Waals surface area contributed by atoms with Crippen LogP contribution in [0.1, 0.15) is 12.8 Å². The highest BCUT2D eigenvalue weighted by Gasteiger charge is 2.00. The molecule has 0 aliphatic heterocycles. The maximum atomic E-state index is 4.39. The standard InChI is InChI=1S/C14H19N3/c1-15-9-5-6-10-17-12-14(11-16-17)13-7-3-2-4-8-13/h2-4,7-8,11-12,15H,5-6,9-10H2,1H3. The number of rotatable bonds is 6. The molecule has 17 heavy (non-hydrogen) atoms. The lowest BCUT2D eigenvalue weighted by Crippen LogP contribution is -2.08. The van der Waals surface area contributed by atoms with Crippen LogP contribution in [0.15, 0.2) is 42.7 Å². The molecule has 0 saturated carbocycles. The van der Waals surface area contributed by atoms with Crippen molar-refractivity contribution in [2.45, 2.75) is 19.4 Å². The Morgan fingerprint density at radius 3 is 2.71 bits per heavy atom. The average molecular weight is 229 g/mol. The number of nitrogens with one attached hydrogen (secondary N) is 1. The second-order valence-corrected chi connectivity index (χ2v) is 4.17. The van der Waals surface area contributed by atoms with Gasteiger partial charge in [0.2, 0.25) is 0 Å². The van der Waals surface area contributed by atoms with Crippen molar-refractivity contribution >= 4 is 0 Å². The van der Waals surface area contributed by atoms with Gasteiger partial charge in [0.05, 0.1) is 6.20 Å². The van der Waals surface area contributed by atoms with Gasteiger partial charge in [-0.25, -0.2) is 0 Å². The molecule has 0 fully saturated rings. The zero-order valence-electron chi connectivity index (χ0n) is 10.3. The lowest BCUT2D eigenvalue weighted by atomic mass is 10.1. The lowest BCUT2D eigenvalue weighted by Gasteiger charge is -2.01. The number of benzene rings is 1. The van der Waals surface area contributed by atoms with E-state index in [4.69, 9.17) is 0 Å². The van der Waals surface area contributed by atoms with Gasteiger partial charge in [0, 0.05) is 18.3 Å². The van der Waals surface area contributed by atoms with E-state index in [0.29, 0.717) is 0 Å². The van der Waals surface area contributed by atoms with Crippen LogP contribution in [0.3, 0.4) is 0 Å². The van der Waals surface area contributed by atoms with E-state index in [-0.39, 0.29) is 0 Å². The molecule has 0 spiro atoms. The van der Waals surface area contributed by atoms with Gasteiger partial charge in [0.25, 0.3) is 0 Å².